The topological polar surface area (TPSA) is 71.6 Å². The van der Waals surface area contributed by atoms with Crippen molar-refractivity contribution < 1.29 is 27.4 Å². The van der Waals surface area contributed by atoms with Crippen molar-refractivity contribution in [3.63, 3.8) is 0 Å². The highest BCUT2D eigenvalue weighted by molar-refractivity contribution is 7.80. The molecule has 174 valence electrons. The molecule has 0 unspecified atom stereocenters. The molecule has 0 aliphatic rings. The van der Waals surface area contributed by atoms with Gasteiger partial charge >= 0.3 is 6.18 Å². The average Bonchev–Trinajstić information content (AvgIpc) is 3.29. The van der Waals surface area contributed by atoms with Gasteiger partial charge in [0.15, 0.2) is 5.11 Å². The summed E-state index contributed by atoms with van der Waals surface area (Å²) in [5.74, 6) is 0.118. The quantitative estimate of drug-likeness (QED) is 0.326. The van der Waals surface area contributed by atoms with Gasteiger partial charge in [-0.05, 0) is 47.9 Å². The number of carbonyl (C=O) groups excluding carboxylic acids is 1. The van der Waals surface area contributed by atoms with Gasteiger partial charge in [-0.25, -0.2) is 0 Å². The number of carbonyl (C=O) groups is 1. The van der Waals surface area contributed by atoms with E-state index in [-0.39, 0.29) is 21.5 Å². The monoisotopic (exact) mass is 515 g/mol. The number of nitrogens with one attached hydrogen (secondary N) is 3. The minimum atomic E-state index is -4.71. The number of halogens is 4. The molecule has 0 saturated carbocycles. The van der Waals surface area contributed by atoms with Gasteiger partial charge in [-0.2, -0.15) is 13.2 Å². The Kier molecular flexibility index (Phi) is 7.67. The smallest absolute Gasteiger partial charge is 0.418 e. The van der Waals surface area contributed by atoms with Gasteiger partial charge in [0.25, 0.3) is 5.91 Å². The highest BCUT2D eigenvalue weighted by Crippen LogP contribution is 2.38. The first-order chi connectivity index (χ1) is 15.6. The molecular formula is C21H17ClF3N3O3S2. The fourth-order valence-corrected chi connectivity index (χ4v) is 3.89. The number of hydrogen-bond acceptors (Lipinski definition) is 5. The number of thiocarbonyl (C=S) groups is 1. The molecular weight excluding hydrogens is 499 g/mol. The van der Waals surface area contributed by atoms with Crippen LogP contribution >= 0.6 is 35.2 Å². The number of rotatable bonds is 6. The molecule has 3 rings (SSSR count). The maximum absolute atomic E-state index is 13.7. The van der Waals surface area contributed by atoms with Crippen LogP contribution in [0.15, 0.2) is 47.8 Å². The third-order valence-corrected chi connectivity index (χ3v) is 5.67. The minimum Gasteiger partial charge on any atom is -0.495 e. The second kappa shape index (κ2) is 10.3. The van der Waals surface area contributed by atoms with E-state index < -0.39 is 17.6 Å². The summed E-state index contributed by atoms with van der Waals surface area (Å²) in [4.78, 5) is 12.5. The molecule has 1 amide bonds. The first-order valence-electron chi connectivity index (χ1n) is 9.18. The fourth-order valence-electron chi connectivity index (χ4n) is 2.80. The zero-order chi connectivity index (χ0) is 24.2. The second-order valence-corrected chi connectivity index (χ2v) is 8.22. The molecule has 3 aromatic rings. The SMILES string of the molecule is COc1cc(OC)c(NC(=S)Nc2ccc(NC(=O)c3cccs3)c(C(F)(F)F)c2)cc1Cl. The molecule has 1 heterocycles. The Hall–Kier alpha value is -3.02. The number of hydrogen-bond donors (Lipinski definition) is 3. The van der Waals surface area contributed by atoms with Crippen LogP contribution in [0.2, 0.25) is 5.02 Å². The van der Waals surface area contributed by atoms with E-state index in [1.54, 1.807) is 17.5 Å². The van der Waals surface area contributed by atoms with Crippen molar-refractivity contribution >= 4 is 63.2 Å². The van der Waals surface area contributed by atoms with Gasteiger partial charge in [0.2, 0.25) is 0 Å². The lowest BCUT2D eigenvalue weighted by molar-refractivity contribution is -0.136. The highest BCUT2D eigenvalue weighted by atomic mass is 35.5. The van der Waals surface area contributed by atoms with Crippen molar-refractivity contribution in [3.8, 4) is 11.5 Å². The normalized spacial score (nSPS) is 11.0. The lowest BCUT2D eigenvalue weighted by Crippen LogP contribution is -2.21. The molecule has 0 atom stereocenters. The van der Waals surface area contributed by atoms with Crippen LogP contribution in [0, 0.1) is 0 Å². The number of amides is 1. The Morgan fingerprint density at radius 3 is 2.33 bits per heavy atom. The van der Waals surface area contributed by atoms with E-state index in [0.29, 0.717) is 22.1 Å². The first kappa shape index (κ1) is 24.6. The van der Waals surface area contributed by atoms with E-state index in [2.05, 4.69) is 16.0 Å². The Morgan fingerprint density at radius 2 is 1.73 bits per heavy atom. The molecule has 0 aliphatic heterocycles. The van der Waals surface area contributed by atoms with Gasteiger partial charge in [0.1, 0.15) is 11.5 Å². The van der Waals surface area contributed by atoms with Crippen LogP contribution < -0.4 is 25.4 Å². The number of methoxy groups -OCH3 is 2. The molecule has 0 spiro atoms. The van der Waals surface area contributed by atoms with E-state index >= 15 is 0 Å². The third kappa shape index (κ3) is 6.06. The fraction of sp³-hybridized carbons (Fsp3) is 0.143. The van der Waals surface area contributed by atoms with E-state index in [0.717, 1.165) is 23.5 Å². The molecule has 0 saturated heterocycles. The zero-order valence-corrected chi connectivity index (χ0v) is 19.6. The van der Waals surface area contributed by atoms with Crippen LogP contribution in [-0.2, 0) is 6.18 Å². The molecule has 2 aromatic carbocycles. The van der Waals surface area contributed by atoms with Crippen molar-refractivity contribution in [1.82, 2.24) is 0 Å². The Morgan fingerprint density at radius 1 is 1.00 bits per heavy atom. The molecule has 12 heteroatoms. The summed E-state index contributed by atoms with van der Waals surface area (Å²) in [6, 6.07) is 9.59. The maximum atomic E-state index is 13.7. The Labute approximate surface area is 201 Å². The summed E-state index contributed by atoms with van der Waals surface area (Å²) in [5.41, 5.74) is -0.941. The largest absolute Gasteiger partial charge is 0.495 e. The van der Waals surface area contributed by atoms with Crippen LogP contribution in [0.3, 0.4) is 0 Å². The van der Waals surface area contributed by atoms with Gasteiger partial charge in [-0.15, -0.1) is 11.3 Å². The van der Waals surface area contributed by atoms with Crippen LogP contribution in [0.25, 0.3) is 0 Å². The van der Waals surface area contributed by atoms with Crippen LogP contribution in [0.1, 0.15) is 15.2 Å². The summed E-state index contributed by atoms with van der Waals surface area (Å²) in [5, 5.41) is 9.77. The number of thiophene rings is 1. The van der Waals surface area contributed by atoms with E-state index in [9.17, 15) is 18.0 Å². The summed E-state index contributed by atoms with van der Waals surface area (Å²) < 4.78 is 51.3. The first-order valence-corrected chi connectivity index (χ1v) is 10.8. The average molecular weight is 516 g/mol. The predicted octanol–water partition coefficient (Wildman–Crippen LogP) is 6.50. The lowest BCUT2D eigenvalue weighted by Gasteiger charge is -2.18. The Bertz CT molecular complexity index is 1170. The van der Waals surface area contributed by atoms with Crippen molar-refractivity contribution in [1.29, 1.82) is 0 Å². The van der Waals surface area contributed by atoms with Crippen LogP contribution in [0.4, 0.5) is 30.2 Å². The van der Waals surface area contributed by atoms with Crippen LogP contribution in [0.5, 0.6) is 11.5 Å². The minimum absolute atomic E-state index is 0.00182. The summed E-state index contributed by atoms with van der Waals surface area (Å²) >= 11 is 12.5. The molecule has 3 N–H and O–H groups in total. The van der Waals surface area contributed by atoms with Crippen LogP contribution in [-0.4, -0.2) is 25.2 Å². The second-order valence-electron chi connectivity index (χ2n) is 6.46. The maximum Gasteiger partial charge on any atom is 0.418 e. The van der Waals surface area contributed by atoms with E-state index in [4.69, 9.17) is 33.3 Å². The summed E-state index contributed by atoms with van der Waals surface area (Å²) in [6.07, 6.45) is -4.71. The standard InChI is InChI=1S/C21H17ClF3N3O3S2/c1-30-16-10-17(31-2)15(9-13(16)22)28-20(32)26-11-5-6-14(12(8-11)21(23,24)25)27-19(29)18-4-3-7-33-18/h3-10H,1-2H3,(H,27,29)(H2,26,28,32). The lowest BCUT2D eigenvalue weighted by atomic mass is 10.1. The molecule has 0 bridgehead atoms. The summed E-state index contributed by atoms with van der Waals surface area (Å²) in [6.45, 7) is 0. The Balaban J connectivity index is 1.80. The molecule has 0 radical (unpaired) electrons. The van der Waals surface area contributed by atoms with Gasteiger partial charge in [-0.1, -0.05) is 17.7 Å². The number of benzene rings is 2. The third-order valence-electron chi connectivity index (χ3n) is 4.30. The van der Waals surface area contributed by atoms with Gasteiger partial charge in [0, 0.05) is 11.8 Å². The molecule has 33 heavy (non-hydrogen) atoms. The predicted molar refractivity (Wildman–Crippen MR) is 128 cm³/mol. The highest BCUT2D eigenvalue weighted by Gasteiger charge is 2.34. The van der Waals surface area contributed by atoms with Crippen molar-refractivity contribution in [2.45, 2.75) is 6.18 Å². The van der Waals surface area contributed by atoms with Gasteiger partial charge in [0.05, 0.1) is 41.1 Å². The number of ether oxygens (including phenoxy) is 2. The van der Waals surface area contributed by atoms with Crippen molar-refractivity contribution in [3.05, 3.63) is 63.3 Å². The van der Waals surface area contributed by atoms with Crippen molar-refractivity contribution in [2.75, 3.05) is 30.2 Å². The zero-order valence-electron chi connectivity index (χ0n) is 17.2. The number of anilines is 3. The molecule has 6 nitrogen and oxygen atoms in total. The molecule has 0 aliphatic carbocycles. The molecule has 1 aromatic heterocycles. The van der Waals surface area contributed by atoms with E-state index in [1.165, 1.54) is 32.4 Å². The summed E-state index contributed by atoms with van der Waals surface area (Å²) in [7, 11) is 2.88. The van der Waals surface area contributed by atoms with Crippen molar-refractivity contribution in [2.24, 2.45) is 0 Å². The van der Waals surface area contributed by atoms with Gasteiger partial charge < -0.3 is 25.4 Å². The molecule has 0 fully saturated rings. The number of alkyl halides is 3. The van der Waals surface area contributed by atoms with E-state index in [1.807, 2.05) is 0 Å². The van der Waals surface area contributed by atoms with Gasteiger partial charge in [-0.3, -0.25) is 4.79 Å².